The Morgan fingerprint density at radius 3 is 1.09 bits per heavy atom. The molecule has 56 heavy (non-hydrogen) atoms. The van der Waals surface area contributed by atoms with E-state index >= 15 is 0 Å². The van der Waals surface area contributed by atoms with Gasteiger partial charge in [0.25, 0.3) is 0 Å². The molecule has 3 heterocycles. The van der Waals surface area contributed by atoms with Crippen LogP contribution in [0.3, 0.4) is 0 Å². The average molecular weight is 735 g/mol. The highest BCUT2D eigenvalue weighted by Gasteiger charge is 2.25. The van der Waals surface area contributed by atoms with Gasteiger partial charge in [0.1, 0.15) is 5.82 Å². The number of hydrogen-bond acceptors (Lipinski definition) is 1. The van der Waals surface area contributed by atoms with Gasteiger partial charge in [-0.2, -0.15) is 0 Å². The summed E-state index contributed by atoms with van der Waals surface area (Å²) in [6, 6.07) is 44.0. The number of benzene rings is 6. The van der Waals surface area contributed by atoms with E-state index in [1.165, 1.54) is 65.9 Å². The van der Waals surface area contributed by atoms with Crippen molar-refractivity contribution in [2.45, 2.75) is 98.8 Å². The molecular weight excluding hydrogens is 681 g/mol. The molecule has 6 aromatic carbocycles. The van der Waals surface area contributed by atoms with E-state index < -0.39 is 0 Å². The third-order valence-corrected chi connectivity index (χ3v) is 12.1. The zero-order valence-electron chi connectivity index (χ0n) is 34.6. The first-order valence-electron chi connectivity index (χ1n) is 20.7. The van der Waals surface area contributed by atoms with Gasteiger partial charge in [-0.15, -0.1) is 0 Å². The Labute approximate surface area is 331 Å². The molecule has 9 aromatic rings. The molecule has 0 fully saturated rings. The largest absolute Gasteiger partial charge is 0.307 e. The molecule has 0 aliphatic heterocycles. The first kappa shape index (κ1) is 36.1. The normalized spacial score (nSPS) is 12.6. The Hall–Kier alpha value is -5.61. The van der Waals surface area contributed by atoms with Crippen LogP contribution in [0.5, 0.6) is 0 Å². The van der Waals surface area contributed by atoms with Crippen molar-refractivity contribution in [3.63, 3.8) is 0 Å². The molecule has 282 valence electrons. The molecule has 3 aromatic heterocycles. The first-order valence-corrected chi connectivity index (χ1v) is 20.7. The first-order chi connectivity index (χ1) is 26.9. The number of fused-ring (bicyclic) bond motifs is 7. The smallest absolute Gasteiger partial charge is 0.117 e. The lowest BCUT2D eigenvalue weighted by molar-refractivity contribution is 0.760. The predicted octanol–water partition coefficient (Wildman–Crippen LogP) is 14.8. The second kappa shape index (κ2) is 13.5. The highest BCUT2D eigenvalue weighted by Crippen LogP contribution is 2.43. The molecule has 4 nitrogen and oxygen atoms in total. The van der Waals surface area contributed by atoms with Crippen molar-refractivity contribution in [3.8, 4) is 17.1 Å². The van der Waals surface area contributed by atoms with Gasteiger partial charge in [0, 0.05) is 33.2 Å². The number of para-hydroxylation sites is 1. The molecule has 0 saturated carbocycles. The fourth-order valence-corrected chi connectivity index (χ4v) is 8.79. The monoisotopic (exact) mass is 734 g/mol. The summed E-state index contributed by atoms with van der Waals surface area (Å²) in [7, 11) is 0. The molecule has 4 heteroatoms. The van der Waals surface area contributed by atoms with Crippen molar-refractivity contribution < 1.29 is 0 Å². The lowest BCUT2D eigenvalue weighted by Gasteiger charge is -2.19. The van der Waals surface area contributed by atoms with Crippen molar-refractivity contribution in [2.75, 3.05) is 0 Å². The Morgan fingerprint density at radius 1 is 0.357 bits per heavy atom. The molecule has 0 N–H and O–H groups in total. The van der Waals surface area contributed by atoms with Crippen molar-refractivity contribution >= 4 is 54.6 Å². The molecule has 0 radical (unpaired) electrons. The molecule has 0 aliphatic carbocycles. The van der Waals surface area contributed by atoms with Crippen LogP contribution in [0.2, 0.25) is 0 Å². The van der Waals surface area contributed by atoms with E-state index in [0.29, 0.717) is 23.7 Å². The molecule has 0 aliphatic rings. The van der Waals surface area contributed by atoms with Gasteiger partial charge in [-0.25, -0.2) is 4.98 Å². The van der Waals surface area contributed by atoms with Crippen LogP contribution in [-0.4, -0.2) is 18.7 Å². The summed E-state index contributed by atoms with van der Waals surface area (Å²) in [5, 5.41) is 5.18. The van der Waals surface area contributed by atoms with E-state index in [0.717, 1.165) is 33.9 Å². The second-order valence-electron chi connectivity index (χ2n) is 17.5. The summed E-state index contributed by atoms with van der Waals surface area (Å²) in [5.74, 6) is 3.00. The van der Waals surface area contributed by atoms with E-state index in [1.54, 1.807) is 0 Å². The van der Waals surface area contributed by atoms with Gasteiger partial charge < -0.3 is 9.13 Å². The maximum Gasteiger partial charge on any atom is 0.117 e. The van der Waals surface area contributed by atoms with Crippen LogP contribution in [0.4, 0.5) is 0 Å². The molecule has 0 unspecified atom stereocenters. The van der Waals surface area contributed by atoms with E-state index in [1.807, 2.05) is 0 Å². The van der Waals surface area contributed by atoms with Gasteiger partial charge in [-0.05, 0) is 119 Å². The van der Waals surface area contributed by atoms with Crippen LogP contribution in [0.25, 0.3) is 71.7 Å². The van der Waals surface area contributed by atoms with Crippen molar-refractivity contribution in [3.05, 3.63) is 143 Å². The summed E-state index contributed by atoms with van der Waals surface area (Å²) in [4.78, 5) is 5.44. The number of imidazole rings is 1. The van der Waals surface area contributed by atoms with Crippen LogP contribution < -0.4 is 0 Å². The number of nitrogens with zero attached hydrogens (tertiary/aromatic N) is 4. The van der Waals surface area contributed by atoms with Gasteiger partial charge in [0.05, 0.1) is 44.5 Å². The molecule has 0 saturated heterocycles. The van der Waals surface area contributed by atoms with Crippen LogP contribution in [-0.2, 0) is 0 Å². The highest BCUT2D eigenvalue weighted by atomic mass is 15.1. The van der Waals surface area contributed by atoms with E-state index in [2.05, 4.69) is 198 Å². The standard InChI is InChI=1S/C52H54N4/c1-30(2)35-16-20-45-40(24-35)41-25-36(31(3)4)17-21-46(41)55(45)50-28-44-49(54(52(53-44)34(9)10)39-14-12-11-13-15-39)29-51(50)56-47-22-18-37(32(5)6)26-42(47)43-27-38(33(7)8)19-23-48(43)56/h11-34H,1-10H3. The topological polar surface area (TPSA) is 27.7 Å². The zero-order valence-corrected chi connectivity index (χ0v) is 34.6. The third-order valence-electron chi connectivity index (χ3n) is 12.1. The SMILES string of the molecule is CC(C)c1ccc2c(c1)c1cc(C(C)C)ccc1n2-c1cc2nc(C(C)C)n(-c3ccccc3)c2cc1-n1c2ccc(C(C)C)cc2c2cc(C(C)C)ccc21. The molecule has 0 atom stereocenters. The molecule has 0 bridgehead atoms. The highest BCUT2D eigenvalue weighted by molar-refractivity contribution is 6.12. The summed E-state index contributed by atoms with van der Waals surface area (Å²) in [6.07, 6.45) is 0. The Morgan fingerprint density at radius 2 is 0.732 bits per heavy atom. The second-order valence-corrected chi connectivity index (χ2v) is 17.5. The quantitative estimate of drug-likeness (QED) is 0.153. The number of rotatable bonds is 8. The minimum atomic E-state index is 0.226. The molecule has 0 amide bonds. The van der Waals surface area contributed by atoms with Gasteiger partial charge in [-0.3, -0.25) is 4.57 Å². The van der Waals surface area contributed by atoms with Crippen molar-refractivity contribution in [2.24, 2.45) is 0 Å². The van der Waals surface area contributed by atoms with E-state index in [9.17, 15) is 0 Å². The predicted molar refractivity (Wildman–Crippen MR) is 240 cm³/mol. The summed E-state index contributed by atoms with van der Waals surface area (Å²) < 4.78 is 7.44. The fourth-order valence-electron chi connectivity index (χ4n) is 8.79. The molecule has 9 rings (SSSR count). The van der Waals surface area contributed by atoms with Gasteiger partial charge in [0.15, 0.2) is 0 Å². The minimum Gasteiger partial charge on any atom is -0.307 e. The van der Waals surface area contributed by atoms with Gasteiger partial charge in [-0.1, -0.05) is 112 Å². The zero-order chi connectivity index (χ0) is 39.2. The summed E-state index contributed by atoms with van der Waals surface area (Å²) >= 11 is 0. The molecule has 0 spiro atoms. The maximum atomic E-state index is 5.44. The van der Waals surface area contributed by atoms with E-state index in [4.69, 9.17) is 4.98 Å². The number of hydrogen-bond donors (Lipinski definition) is 0. The van der Waals surface area contributed by atoms with Gasteiger partial charge in [0.2, 0.25) is 0 Å². The van der Waals surface area contributed by atoms with Gasteiger partial charge >= 0.3 is 0 Å². The van der Waals surface area contributed by atoms with Crippen LogP contribution in [0, 0.1) is 0 Å². The lowest BCUT2D eigenvalue weighted by Crippen LogP contribution is -2.06. The minimum absolute atomic E-state index is 0.226. The Kier molecular flexibility index (Phi) is 8.72. The van der Waals surface area contributed by atoms with Crippen molar-refractivity contribution in [1.29, 1.82) is 0 Å². The average Bonchev–Trinajstić information content (AvgIpc) is 3.84. The van der Waals surface area contributed by atoms with Crippen LogP contribution >= 0.6 is 0 Å². The summed E-state index contributed by atoms with van der Waals surface area (Å²) in [6.45, 7) is 22.8. The van der Waals surface area contributed by atoms with Crippen LogP contribution in [0.15, 0.2) is 115 Å². The molecular formula is C52H54N4. The van der Waals surface area contributed by atoms with E-state index in [-0.39, 0.29) is 5.92 Å². The fraction of sp³-hybridized carbons (Fsp3) is 0.288. The maximum absolute atomic E-state index is 5.44. The third kappa shape index (κ3) is 5.67. The Balaban J connectivity index is 1.48. The summed E-state index contributed by atoms with van der Waals surface area (Å²) in [5.41, 5.74) is 15.8. The lowest BCUT2D eigenvalue weighted by atomic mass is 9.98. The van der Waals surface area contributed by atoms with Crippen LogP contribution in [0.1, 0.15) is 127 Å². The number of aromatic nitrogens is 4. The van der Waals surface area contributed by atoms with Crippen molar-refractivity contribution in [1.82, 2.24) is 18.7 Å². The Bertz CT molecular complexity index is 2810.